The van der Waals surface area contributed by atoms with E-state index in [9.17, 15) is 9.59 Å². The smallest absolute Gasteiger partial charge is 0.430 e. The fourth-order valence-corrected chi connectivity index (χ4v) is 1.24. The number of thioether (sulfide) groups is 1. The number of hydrogen-bond donors (Lipinski definition) is 4. The topological polar surface area (TPSA) is 157 Å². The number of nitrogens with two attached hydrogens (primary N) is 2. The van der Waals surface area contributed by atoms with Gasteiger partial charge in [-0.15, -0.1) is 0 Å². The monoisotopic (exact) mass is 250 g/mol. The number of rotatable bonds is 1. The van der Waals surface area contributed by atoms with Crippen molar-refractivity contribution in [2.24, 2.45) is 16.6 Å². The van der Waals surface area contributed by atoms with E-state index in [1.165, 1.54) is 11.8 Å². The van der Waals surface area contributed by atoms with Gasteiger partial charge in [-0.2, -0.15) is 0 Å². The molecule has 3 amide bonds. The first kappa shape index (κ1) is 14.0. The molecule has 0 aromatic rings. The third-order valence-electron chi connectivity index (χ3n) is 1.04. The van der Waals surface area contributed by atoms with Crippen molar-refractivity contribution in [2.75, 3.05) is 12.3 Å². The van der Waals surface area contributed by atoms with Crippen molar-refractivity contribution in [3.63, 3.8) is 0 Å². The molecule has 0 aromatic carbocycles. The summed E-state index contributed by atoms with van der Waals surface area (Å²) in [6.45, 7) is 0.288. The molecule has 16 heavy (non-hydrogen) atoms. The molecule has 1 saturated heterocycles. The van der Waals surface area contributed by atoms with Gasteiger partial charge in [0.25, 0.3) is 0 Å². The van der Waals surface area contributed by atoms with E-state index in [2.05, 4.69) is 26.8 Å². The minimum atomic E-state index is -1.33. The molecule has 9 nitrogen and oxygen atoms in total. The second-order valence-corrected chi connectivity index (χ2v) is 3.35. The molecule has 1 aliphatic heterocycles. The number of nitrogens with one attached hydrogen (secondary N) is 1. The fraction of sp³-hybridized carbons (Fsp3) is 0.333. The van der Waals surface area contributed by atoms with Gasteiger partial charge in [0.05, 0.1) is 12.3 Å². The molecule has 1 heterocycles. The number of hydrogen-bond acceptors (Lipinski definition) is 6. The standard InChI is InChI=1S/C5H7N3O3S.CH3NO2/c6-5(10)11-8-4-1-7-3(9)2-12-4;2-1(3)4/h1-2H2,(H2,6,10)(H,7,9);2H2,(H,3,4). The maximum Gasteiger partial charge on any atom is 0.430 e. The number of oxime groups is 1. The summed E-state index contributed by atoms with van der Waals surface area (Å²) in [6.07, 6.45) is -2.29. The van der Waals surface area contributed by atoms with E-state index in [0.29, 0.717) is 10.8 Å². The number of primary amides is 2. The zero-order chi connectivity index (χ0) is 12.6. The first-order valence-electron chi connectivity index (χ1n) is 3.83. The van der Waals surface area contributed by atoms with Crippen molar-refractivity contribution in [1.82, 2.24) is 5.32 Å². The number of nitrogens with zero attached hydrogens (tertiary/aromatic N) is 1. The Balaban J connectivity index is 0.000000487. The lowest BCUT2D eigenvalue weighted by atomic mass is 10.6. The first-order chi connectivity index (χ1) is 7.41. The average Bonchev–Trinajstić information content (AvgIpc) is 2.16. The Morgan fingerprint density at radius 3 is 2.44 bits per heavy atom. The van der Waals surface area contributed by atoms with Crippen LogP contribution >= 0.6 is 11.8 Å². The Hall–Kier alpha value is -1.97. The lowest BCUT2D eigenvalue weighted by Gasteiger charge is -2.11. The molecular weight excluding hydrogens is 240 g/mol. The van der Waals surface area contributed by atoms with Gasteiger partial charge in [0, 0.05) is 0 Å². The molecule has 0 spiro atoms. The highest BCUT2D eigenvalue weighted by molar-refractivity contribution is 8.14. The largest absolute Gasteiger partial charge is 0.465 e. The van der Waals surface area contributed by atoms with Crippen molar-refractivity contribution in [2.45, 2.75) is 0 Å². The highest BCUT2D eigenvalue weighted by Crippen LogP contribution is 2.07. The molecule has 0 atom stereocenters. The molecular formula is C6H10N4O5S. The number of amides is 3. The number of carbonyl (C=O) groups excluding carboxylic acids is 2. The van der Waals surface area contributed by atoms with Crippen LogP contribution in [-0.2, 0) is 9.63 Å². The van der Waals surface area contributed by atoms with Crippen LogP contribution in [0.4, 0.5) is 9.59 Å². The minimum absolute atomic E-state index is 0.0574. The molecule has 0 radical (unpaired) electrons. The van der Waals surface area contributed by atoms with E-state index in [1.54, 1.807) is 0 Å². The van der Waals surface area contributed by atoms with E-state index in [4.69, 9.17) is 9.90 Å². The first-order valence-corrected chi connectivity index (χ1v) is 4.81. The summed E-state index contributed by atoms with van der Waals surface area (Å²) in [7, 11) is 0. The van der Waals surface area contributed by atoms with Crippen LogP contribution in [0, 0.1) is 0 Å². The Kier molecular flexibility index (Phi) is 6.43. The molecule has 6 N–H and O–H groups in total. The van der Waals surface area contributed by atoms with Gasteiger partial charge >= 0.3 is 12.2 Å². The van der Waals surface area contributed by atoms with E-state index in [-0.39, 0.29) is 12.5 Å². The van der Waals surface area contributed by atoms with Crippen LogP contribution in [0.5, 0.6) is 0 Å². The SMILES string of the molecule is NC(=O)O.NC(=O)ON=C1CNC(=O)CS1. The molecule has 0 bridgehead atoms. The maximum atomic E-state index is 10.6. The Bertz CT molecular complexity index is 302. The van der Waals surface area contributed by atoms with Crippen molar-refractivity contribution in [3.8, 4) is 0 Å². The molecule has 0 aromatic heterocycles. The average molecular weight is 250 g/mol. The lowest BCUT2D eigenvalue weighted by molar-refractivity contribution is -0.118. The molecule has 10 heteroatoms. The van der Waals surface area contributed by atoms with Crippen LogP contribution in [0.1, 0.15) is 0 Å². The lowest BCUT2D eigenvalue weighted by Crippen LogP contribution is -2.35. The van der Waals surface area contributed by atoms with Gasteiger partial charge in [0.1, 0.15) is 5.04 Å². The van der Waals surface area contributed by atoms with Gasteiger partial charge in [-0.05, 0) is 0 Å². The minimum Gasteiger partial charge on any atom is -0.465 e. The molecule has 0 aliphatic carbocycles. The predicted octanol–water partition coefficient (Wildman–Crippen LogP) is -1.12. The second kappa shape index (κ2) is 7.34. The van der Waals surface area contributed by atoms with Gasteiger partial charge in [0.15, 0.2) is 0 Å². The summed E-state index contributed by atoms with van der Waals surface area (Å²) >= 11 is 1.22. The summed E-state index contributed by atoms with van der Waals surface area (Å²) in [4.78, 5) is 33.7. The molecule has 0 unspecified atom stereocenters. The number of carbonyl (C=O) groups is 3. The van der Waals surface area contributed by atoms with E-state index in [1.807, 2.05) is 0 Å². The Morgan fingerprint density at radius 1 is 1.50 bits per heavy atom. The van der Waals surface area contributed by atoms with Crippen molar-refractivity contribution in [3.05, 3.63) is 0 Å². The summed E-state index contributed by atoms with van der Waals surface area (Å²) in [5.41, 5.74) is 8.70. The van der Waals surface area contributed by atoms with Gasteiger partial charge in [-0.3, -0.25) is 9.63 Å². The van der Waals surface area contributed by atoms with Crippen molar-refractivity contribution in [1.29, 1.82) is 0 Å². The summed E-state index contributed by atoms with van der Waals surface area (Å²) in [6, 6.07) is 0. The summed E-state index contributed by atoms with van der Waals surface area (Å²) in [5, 5.41) is 13.7. The number of carboxylic acid groups (broad SMARTS) is 1. The van der Waals surface area contributed by atoms with Gasteiger partial charge in [-0.25, -0.2) is 9.59 Å². The molecule has 0 saturated carbocycles. The van der Waals surface area contributed by atoms with Gasteiger partial charge in [-0.1, -0.05) is 16.9 Å². The van der Waals surface area contributed by atoms with Crippen LogP contribution in [0.25, 0.3) is 0 Å². The quantitative estimate of drug-likeness (QED) is 0.341. The van der Waals surface area contributed by atoms with Crippen LogP contribution in [0.3, 0.4) is 0 Å². The van der Waals surface area contributed by atoms with Crippen LogP contribution in [0.15, 0.2) is 5.16 Å². The van der Waals surface area contributed by atoms with Gasteiger partial charge < -0.3 is 21.9 Å². The van der Waals surface area contributed by atoms with Crippen LogP contribution in [0.2, 0.25) is 0 Å². The van der Waals surface area contributed by atoms with Gasteiger partial charge in [0.2, 0.25) is 5.91 Å². The zero-order valence-electron chi connectivity index (χ0n) is 8.00. The molecule has 1 fully saturated rings. The Labute approximate surface area is 94.2 Å². The molecule has 90 valence electrons. The second-order valence-electron chi connectivity index (χ2n) is 2.30. The van der Waals surface area contributed by atoms with E-state index >= 15 is 0 Å². The van der Waals surface area contributed by atoms with E-state index in [0.717, 1.165) is 0 Å². The van der Waals surface area contributed by atoms with E-state index < -0.39 is 12.2 Å². The molecule has 1 aliphatic rings. The van der Waals surface area contributed by atoms with Crippen molar-refractivity contribution < 1.29 is 24.3 Å². The predicted molar refractivity (Wildman–Crippen MR) is 55.8 cm³/mol. The highest BCUT2D eigenvalue weighted by Gasteiger charge is 2.13. The maximum absolute atomic E-state index is 10.6. The highest BCUT2D eigenvalue weighted by atomic mass is 32.2. The third-order valence-corrected chi connectivity index (χ3v) is 2.00. The zero-order valence-corrected chi connectivity index (χ0v) is 8.82. The van der Waals surface area contributed by atoms with Crippen molar-refractivity contribution >= 4 is 34.9 Å². The third kappa shape index (κ3) is 8.62. The molecule has 1 rings (SSSR count). The Morgan fingerprint density at radius 2 is 2.06 bits per heavy atom. The van der Waals surface area contributed by atoms with Crippen LogP contribution < -0.4 is 16.8 Å². The van der Waals surface area contributed by atoms with Crippen LogP contribution in [-0.4, -0.2) is 40.5 Å². The normalized spacial score (nSPS) is 16.8. The summed E-state index contributed by atoms with van der Waals surface area (Å²) < 4.78 is 0. The fourth-order valence-electron chi connectivity index (χ4n) is 0.580. The summed E-state index contributed by atoms with van der Waals surface area (Å²) in [5.74, 6) is 0.235.